The topological polar surface area (TPSA) is 12.0 Å². The Labute approximate surface area is 79.2 Å². The largest absolute Gasteiger partial charge is 0.316 e. The van der Waals surface area contributed by atoms with Crippen molar-refractivity contribution in [2.24, 2.45) is 5.92 Å². The van der Waals surface area contributed by atoms with Crippen LogP contribution in [0, 0.1) is 5.92 Å². The fraction of sp³-hybridized carbons (Fsp3) is 0.500. The second-order valence-electron chi connectivity index (χ2n) is 4.26. The van der Waals surface area contributed by atoms with E-state index < -0.39 is 0 Å². The molecule has 13 heavy (non-hydrogen) atoms. The number of benzene rings is 1. The summed E-state index contributed by atoms with van der Waals surface area (Å²) in [5.74, 6) is 1.72. The minimum atomic E-state index is 0.810. The molecule has 1 fully saturated rings. The minimum absolute atomic E-state index is 0.810. The first kappa shape index (κ1) is 7.57. The molecule has 1 heteroatoms. The van der Waals surface area contributed by atoms with Gasteiger partial charge in [0, 0.05) is 12.5 Å². The maximum Gasteiger partial charge on any atom is 0.00235 e. The lowest BCUT2D eigenvalue weighted by Crippen LogP contribution is -2.18. The summed E-state index contributed by atoms with van der Waals surface area (Å²) in [5, 5.41) is 3.51. The van der Waals surface area contributed by atoms with Crippen LogP contribution < -0.4 is 5.32 Å². The van der Waals surface area contributed by atoms with Crippen LogP contribution in [0.25, 0.3) is 0 Å². The third kappa shape index (κ3) is 1.11. The van der Waals surface area contributed by atoms with Gasteiger partial charge in [0.15, 0.2) is 0 Å². The molecule has 0 unspecified atom stereocenters. The summed E-state index contributed by atoms with van der Waals surface area (Å²) < 4.78 is 0. The molecule has 0 spiro atoms. The van der Waals surface area contributed by atoms with Crippen LogP contribution in [-0.4, -0.2) is 13.1 Å². The number of aryl methyl sites for hydroxylation is 1. The van der Waals surface area contributed by atoms with E-state index in [1.807, 2.05) is 0 Å². The van der Waals surface area contributed by atoms with Crippen molar-refractivity contribution in [2.75, 3.05) is 13.1 Å². The van der Waals surface area contributed by atoms with Gasteiger partial charge >= 0.3 is 0 Å². The van der Waals surface area contributed by atoms with Crippen molar-refractivity contribution in [1.29, 1.82) is 0 Å². The molecule has 0 amide bonds. The number of rotatable bonds is 0. The van der Waals surface area contributed by atoms with E-state index in [9.17, 15) is 0 Å². The van der Waals surface area contributed by atoms with Gasteiger partial charge in [-0.05, 0) is 36.4 Å². The molecule has 2 atom stereocenters. The Balaban J connectivity index is 2.06. The molecular weight excluding hydrogens is 158 g/mol. The fourth-order valence-corrected chi connectivity index (χ4v) is 2.86. The Kier molecular flexibility index (Phi) is 1.66. The average molecular weight is 173 g/mol. The quantitative estimate of drug-likeness (QED) is 0.632. The molecule has 1 nitrogen and oxygen atoms in total. The predicted octanol–water partition coefficient (Wildman–Crippen LogP) is 1.94. The van der Waals surface area contributed by atoms with Crippen molar-refractivity contribution in [3.05, 3.63) is 35.4 Å². The molecule has 1 heterocycles. The number of hydrogen-bond donors (Lipinski definition) is 1. The van der Waals surface area contributed by atoms with Gasteiger partial charge in [-0.2, -0.15) is 0 Å². The first-order valence-corrected chi connectivity index (χ1v) is 5.23. The maximum atomic E-state index is 3.51. The SMILES string of the molecule is c1ccc2c(c1)CC[C@H]1CNC[C@@H]21. The number of hydrogen-bond acceptors (Lipinski definition) is 1. The van der Waals surface area contributed by atoms with Crippen molar-refractivity contribution in [3.63, 3.8) is 0 Å². The van der Waals surface area contributed by atoms with Crippen LogP contribution in [0.3, 0.4) is 0 Å². The van der Waals surface area contributed by atoms with Crippen molar-refractivity contribution >= 4 is 0 Å². The van der Waals surface area contributed by atoms with Crippen LogP contribution in [0.4, 0.5) is 0 Å². The van der Waals surface area contributed by atoms with Crippen molar-refractivity contribution in [3.8, 4) is 0 Å². The maximum absolute atomic E-state index is 3.51. The highest BCUT2D eigenvalue weighted by atomic mass is 14.9. The zero-order chi connectivity index (χ0) is 8.67. The molecule has 2 aliphatic rings. The Hall–Kier alpha value is -0.820. The first-order chi connectivity index (χ1) is 6.45. The van der Waals surface area contributed by atoms with Gasteiger partial charge in [-0.1, -0.05) is 24.3 Å². The molecule has 0 aromatic heterocycles. The van der Waals surface area contributed by atoms with Gasteiger partial charge in [0.2, 0.25) is 0 Å². The highest BCUT2D eigenvalue weighted by Gasteiger charge is 2.32. The summed E-state index contributed by atoms with van der Waals surface area (Å²) in [5.41, 5.74) is 3.20. The monoisotopic (exact) mass is 173 g/mol. The molecule has 0 bridgehead atoms. The van der Waals surface area contributed by atoms with Gasteiger partial charge < -0.3 is 5.32 Å². The minimum Gasteiger partial charge on any atom is -0.316 e. The van der Waals surface area contributed by atoms with Crippen LogP contribution in [0.5, 0.6) is 0 Å². The number of nitrogens with one attached hydrogen (secondary N) is 1. The molecule has 1 aliphatic carbocycles. The second-order valence-corrected chi connectivity index (χ2v) is 4.26. The summed E-state index contributed by atoms with van der Waals surface area (Å²) in [6, 6.07) is 8.96. The summed E-state index contributed by atoms with van der Waals surface area (Å²) in [7, 11) is 0. The van der Waals surface area contributed by atoms with E-state index in [-0.39, 0.29) is 0 Å². The van der Waals surface area contributed by atoms with E-state index in [2.05, 4.69) is 29.6 Å². The van der Waals surface area contributed by atoms with Crippen LogP contribution >= 0.6 is 0 Å². The van der Waals surface area contributed by atoms with Crippen molar-refractivity contribution in [1.82, 2.24) is 5.32 Å². The Bertz CT molecular complexity index is 319. The van der Waals surface area contributed by atoms with E-state index in [0.29, 0.717) is 0 Å². The molecule has 1 saturated heterocycles. The van der Waals surface area contributed by atoms with E-state index >= 15 is 0 Å². The molecule has 1 aromatic carbocycles. The van der Waals surface area contributed by atoms with Crippen LogP contribution in [0.15, 0.2) is 24.3 Å². The normalized spacial score (nSPS) is 31.1. The molecule has 1 N–H and O–H groups in total. The summed E-state index contributed by atoms with van der Waals surface area (Å²) in [4.78, 5) is 0. The lowest BCUT2D eigenvalue weighted by atomic mass is 9.77. The third-order valence-corrected chi connectivity index (χ3v) is 3.58. The van der Waals surface area contributed by atoms with Gasteiger partial charge in [-0.15, -0.1) is 0 Å². The summed E-state index contributed by atoms with van der Waals surface area (Å²) >= 11 is 0. The third-order valence-electron chi connectivity index (χ3n) is 3.58. The molecule has 1 aromatic rings. The summed E-state index contributed by atoms with van der Waals surface area (Å²) in [6.07, 6.45) is 2.67. The molecule has 68 valence electrons. The smallest absolute Gasteiger partial charge is 0.00235 e. The second kappa shape index (κ2) is 2.85. The van der Waals surface area contributed by atoms with E-state index in [1.165, 1.54) is 25.9 Å². The molecule has 3 rings (SSSR count). The van der Waals surface area contributed by atoms with Gasteiger partial charge in [0.05, 0.1) is 0 Å². The van der Waals surface area contributed by atoms with E-state index in [0.717, 1.165) is 11.8 Å². The van der Waals surface area contributed by atoms with E-state index in [1.54, 1.807) is 11.1 Å². The Morgan fingerprint density at radius 2 is 2.08 bits per heavy atom. The number of fused-ring (bicyclic) bond motifs is 3. The molecule has 0 saturated carbocycles. The molecule has 1 aliphatic heterocycles. The standard InChI is InChI=1S/C12H15N/c1-2-4-11-9(3-1)5-6-10-7-13-8-12(10)11/h1-4,10,12-13H,5-8H2/t10-,12+/m0/s1. The van der Waals surface area contributed by atoms with Gasteiger partial charge in [0.1, 0.15) is 0 Å². The van der Waals surface area contributed by atoms with Gasteiger partial charge in [-0.25, -0.2) is 0 Å². The molecular formula is C12H15N. The lowest BCUT2D eigenvalue weighted by Gasteiger charge is -2.27. The molecule has 0 radical (unpaired) electrons. The van der Waals surface area contributed by atoms with Crippen molar-refractivity contribution in [2.45, 2.75) is 18.8 Å². The van der Waals surface area contributed by atoms with Crippen molar-refractivity contribution < 1.29 is 0 Å². The zero-order valence-corrected chi connectivity index (χ0v) is 7.79. The first-order valence-electron chi connectivity index (χ1n) is 5.23. The lowest BCUT2D eigenvalue weighted by molar-refractivity contribution is 0.451. The Morgan fingerprint density at radius 1 is 1.15 bits per heavy atom. The van der Waals surface area contributed by atoms with Gasteiger partial charge in [0.25, 0.3) is 0 Å². The fourth-order valence-electron chi connectivity index (χ4n) is 2.86. The predicted molar refractivity (Wildman–Crippen MR) is 53.9 cm³/mol. The van der Waals surface area contributed by atoms with Gasteiger partial charge in [-0.3, -0.25) is 0 Å². The highest BCUT2D eigenvalue weighted by molar-refractivity contribution is 5.34. The van der Waals surface area contributed by atoms with Crippen LogP contribution in [-0.2, 0) is 6.42 Å². The summed E-state index contributed by atoms with van der Waals surface area (Å²) in [6.45, 7) is 2.43. The highest BCUT2D eigenvalue weighted by Crippen LogP contribution is 2.37. The average Bonchev–Trinajstić information content (AvgIpc) is 2.65. The zero-order valence-electron chi connectivity index (χ0n) is 7.79. The van der Waals surface area contributed by atoms with Crippen LogP contribution in [0.2, 0.25) is 0 Å². The van der Waals surface area contributed by atoms with Crippen LogP contribution in [0.1, 0.15) is 23.5 Å². The Morgan fingerprint density at radius 3 is 3.08 bits per heavy atom. The van der Waals surface area contributed by atoms with E-state index in [4.69, 9.17) is 0 Å².